The fraction of sp³-hybridized carbons (Fsp3) is 0.417. The lowest BCUT2D eigenvalue weighted by Gasteiger charge is -2.13. The molecule has 94 valence electrons. The highest BCUT2D eigenvalue weighted by Crippen LogP contribution is 2.26. The van der Waals surface area contributed by atoms with Crippen molar-refractivity contribution >= 4 is 11.6 Å². The van der Waals surface area contributed by atoms with Crippen LogP contribution in [0.25, 0.3) is 0 Å². The molecule has 0 saturated carbocycles. The van der Waals surface area contributed by atoms with E-state index in [0.29, 0.717) is 11.3 Å². The first-order chi connectivity index (χ1) is 8.08. The molecule has 0 fully saturated rings. The third-order valence-electron chi connectivity index (χ3n) is 2.52. The maximum Gasteiger partial charge on any atom is 0.227 e. The first-order valence-electron chi connectivity index (χ1n) is 5.39. The van der Waals surface area contributed by atoms with Gasteiger partial charge in [-0.3, -0.25) is 4.79 Å². The summed E-state index contributed by atoms with van der Waals surface area (Å²) in [7, 11) is 1.51. The Labute approximate surface area is 101 Å². The third kappa shape index (κ3) is 3.72. The lowest BCUT2D eigenvalue weighted by Crippen LogP contribution is -2.28. The third-order valence-corrected chi connectivity index (χ3v) is 2.52. The summed E-state index contributed by atoms with van der Waals surface area (Å²) in [5.41, 5.74) is 6.54. The molecule has 5 nitrogen and oxygen atoms in total. The molecule has 0 aromatic heterocycles. The number of methoxy groups -OCH3 is 1. The Morgan fingerprint density at radius 3 is 2.88 bits per heavy atom. The number of para-hydroxylation sites is 1. The Morgan fingerprint density at radius 2 is 2.29 bits per heavy atom. The van der Waals surface area contributed by atoms with Crippen LogP contribution in [0.15, 0.2) is 18.2 Å². The van der Waals surface area contributed by atoms with E-state index in [1.807, 2.05) is 0 Å². The van der Waals surface area contributed by atoms with Gasteiger partial charge in [-0.05, 0) is 18.6 Å². The number of anilines is 1. The average Bonchev–Trinajstić information content (AvgIpc) is 2.32. The molecule has 0 aliphatic heterocycles. The van der Waals surface area contributed by atoms with Crippen LogP contribution < -0.4 is 11.1 Å². The minimum atomic E-state index is -0.304. The topological polar surface area (TPSA) is 84.6 Å². The Balaban J connectivity index is 2.65. The molecule has 4 N–H and O–H groups in total. The van der Waals surface area contributed by atoms with Gasteiger partial charge >= 0.3 is 0 Å². The van der Waals surface area contributed by atoms with Crippen LogP contribution >= 0.6 is 0 Å². The molecule has 1 unspecified atom stereocenters. The molecule has 5 heteroatoms. The lowest BCUT2D eigenvalue weighted by molar-refractivity contribution is -0.118. The summed E-state index contributed by atoms with van der Waals surface area (Å²) in [6, 6.07) is 5.18. The van der Waals surface area contributed by atoms with Crippen LogP contribution in [0, 0.1) is 6.92 Å². The number of aromatic hydroxyl groups is 1. The van der Waals surface area contributed by atoms with Crippen LogP contribution in [0.1, 0.15) is 12.0 Å². The zero-order valence-corrected chi connectivity index (χ0v) is 10.1. The molecule has 1 aromatic carbocycles. The number of rotatable bonds is 5. The average molecular weight is 238 g/mol. The number of carbonyl (C=O) groups is 1. The van der Waals surface area contributed by atoms with Crippen LogP contribution in [0.2, 0.25) is 0 Å². The molecule has 0 saturated heterocycles. The van der Waals surface area contributed by atoms with Gasteiger partial charge in [-0.2, -0.15) is 0 Å². The van der Waals surface area contributed by atoms with Gasteiger partial charge in [0.25, 0.3) is 0 Å². The summed E-state index contributed by atoms with van der Waals surface area (Å²) in [6.45, 7) is 2.05. The minimum absolute atomic E-state index is 0.0857. The number of aryl methyl sites for hydroxylation is 1. The van der Waals surface area contributed by atoms with E-state index in [4.69, 9.17) is 10.5 Å². The van der Waals surface area contributed by atoms with E-state index >= 15 is 0 Å². The number of hydrogen-bond donors (Lipinski definition) is 3. The highest BCUT2D eigenvalue weighted by Gasteiger charge is 2.13. The van der Waals surface area contributed by atoms with Crippen molar-refractivity contribution in [1.29, 1.82) is 0 Å². The molecule has 0 bridgehead atoms. The normalized spacial score (nSPS) is 12.2. The number of benzene rings is 1. The molecule has 17 heavy (non-hydrogen) atoms. The summed E-state index contributed by atoms with van der Waals surface area (Å²) in [5, 5.41) is 12.3. The first-order valence-corrected chi connectivity index (χ1v) is 5.39. The molecular formula is C12H18N2O3. The molecule has 0 radical (unpaired) electrons. The molecule has 1 amide bonds. The maximum atomic E-state index is 11.6. The van der Waals surface area contributed by atoms with Crippen molar-refractivity contribution in [2.24, 2.45) is 5.73 Å². The number of hydrogen-bond acceptors (Lipinski definition) is 4. The second kappa shape index (κ2) is 6.22. The highest BCUT2D eigenvalue weighted by molar-refractivity contribution is 5.92. The Bertz CT molecular complexity index is 389. The molecule has 0 spiro atoms. The SMILES string of the molecule is COC(CN)CC(=O)Nc1cccc(C)c1O. The molecular weight excluding hydrogens is 220 g/mol. The van der Waals surface area contributed by atoms with E-state index < -0.39 is 0 Å². The molecule has 0 aliphatic rings. The van der Waals surface area contributed by atoms with Crippen LogP contribution in [0.3, 0.4) is 0 Å². The Morgan fingerprint density at radius 1 is 1.59 bits per heavy atom. The summed E-state index contributed by atoms with van der Waals surface area (Å²) in [4.78, 5) is 11.6. The number of nitrogens with two attached hydrogens (primary N) is 1. The van der Waals surface area contributed by atoms with Gasteiger partial charge in [-0.15, -0.1) is 0 Å². The summed E-state index contributed by atoms with van der Waals surface area (Å²) < 4.78 is 5.01. The van der Waals surface area contributed by atoms with Crippen LogP contribution in [0.5, 0.6) is 5.75 Å². The standard InChI is InChI=1S/C12H18N2O3/c1-8-4-3-5-10(12(8)16)14-11(15)6-9(7-13)17-2/h3-5,9,16H,6-7,13H2,1-2H3,(H,14,15). The van der Waals surface area contributed by atoms with Gasteiger partial charge in [-0.1, -0.05) is 12.1 Å². The number of phenolic OH excluding ortho intramolecular Hbond substituents is 1. The van der Waals surface area contributed by atoms with Crippen molar-refractivity contribution in [2.75, 3.05) is 19.0 Å². The van der Waals surface area contributed by atoms with Crippen LogP contribution in [-0.4, -0.2) is 30.8 Å². The monoisotopic (exact) mass is 238 g/mol. The predicted molar refractivity (Wildman–Crippen MR) is 65.9 cm³/mol. The largest absolute Gasteiger partial charge is 0.505 e. The molecule has 1 atom stereocenters. The molecule has 1 aromatic rings. The van der Waals surface area contributed by atoms with Crippen molar-refractivity contribution in [3.63, 3.8) is 0 Å². The van der Waals surface area contributed by atoms with Crippen molar-refractivity contribution in [3.05, 3.63) is 23.8 Å². The van der Waals surface area contributed by atoms with Gasteiger partial charge in [0.05, 0.1) is 18.2 Å². The van der Waals surface area contributed by atoms with Crippen molar-refractivity contribution in [1.82, 2.24) is 0 Å². The van der Waals surface area contributed by atoms with Gasteiger partial charge in [0.15, 0.2) is 0 Å². The van der Waals surface area contributed by atoms with Gasteiger partial charge in [0.1, 0.15) is 5.75 Å². The summed E-state index contributed by atoms with van der Waals surface area (Å²) in [6.07, 6.45) is -0.137. The van der Waals surface area contributed by atoms with E-state index in [9.17, 15) is 9.90 Å². The molecule has 0 heterocycles. The van der Waals surface area contributed by atoms with Gasteiger partial charge in [0.2, 0.25) is 5.91 Å². The van der Waals surface area contributed by atoms with E-state index in [0.717, 1.165) is 0 Å². The number of phenols is 1. The number of amides is 1. The summed E-state index contributed by atoms with van der Waals surface area (Å²) >= 11 is 0. The summed E-state index contributed by atoms with van der Waals surface area (Å²) in [5.74, 6) is -0.147. The zero-order chi connectivity index (χ0) is 12.8. The Kier molecular flexibility index (Phi) is 4.93. The van der Waals surface area contributed by atoms with Crippen LogP contribution in [0.4, 0.5) is 5.69 Å². The fourth-order valence-electron chi connectivity index (χ4n) is 1.43. The quantitative estimate of drug-likeness (QED) is 0.668. The van der Waals surface area contributed by atoms with Gasteiger partial charge in [-0.25, -0.2) is 0 Å². The second-order valence-corrected chi connectivity index (χ2v) is 3.82. The van der Waals surface area contributed by atoms with E-state index in [1.54, 1.807) is 25.1 Å². The fourth-order valence-corrected chi connectivity index (χ4v) is 1.43. The van der Waals surface area contributed by atoms with Crippen LogP contribution in [-0.2, 0) is 9.53 Å². The Hall–Kier alpha value is -1.59. The minimum Gasteiger partial charge on any atom is -0.505 e. The molecule has 1 rings (SSSR count). The van der Waals surface area contributed by atoms with Gasteiger partial charge in [0, 0.05) is 13.7 Å². The number of carbonyl (C=O) groups excluding carboxylic acids is 1. The van der Waals surface area contributed by atoms with E-state index in [2.05, 4.69) is 5.32 Å². The highest BCUT2D eigenvalue weighted by atomic mass is 16.5. The van der Waals surface area contributed by atoms with Gasteiger partial charge < -0.3 is 20.9 Å². The van der Waals surface area contributed by atoms with E-state index in [1.165, 1.54) is 7.11 Å². The molecule has 0 aliphatic carbocycles. The smallest absolute Gasteiger partial charge is 0.227 e. The van der Waals surface area contributed by atoms with Crippen molar-refractivity contribution in [3.8, 4) is 5.75 Å². The number of nitrogens with one attached hydrogen (secondary N) is 1. The lowest BCUT2D eigenvalue weighted by atomic mass is 10.2. The zero-order valence-electron chi connectivity index (χ0n) is 10.1. The van der Waals surface area contributed by atoms with E-state index in [-0.39, 0.29) is 30.7 Å². The first kappa shape index (κ1) is 13.5. The maximum absolute atomic E-state index is 11.6. The predicted octanol–water partition coefficient (Wildman–Crippen LogP) is 1.00. The van der Waals surface area contributed by atoms with Crippen molar-refractivity contribution < 1.29 is 14.6 Å². The second-order valence-electron chi connectivity index (χ2n) is 3.82. The number of ether oxygens (including phenoxy) is 1. The van der Waals surface area contributed by atoms with Crippen molar-refractivity contribution in [2.45, 2.75) is 19.4 Å².